The van der Waals surface area contributed by atoms with E-state index in [2.05, 4.69) is 10.2 Å². The standard InChI is InChI=1S/2C9H5F6N3O/c2*10-8(11,12)7(9(13,14)15)16-5-3-1-2-4-6(5)18(19)17-7/h2*1-4,16H. The zero-order valence-electron chi connectivity index (χ0n) is 17.8. The maximum absolute atomic E-state index is 12.7. The predicted octanol–water partition coefficient (Wildman–Crippen LogP) is 7.05. The molecule has 0 saturated carbocycles. The van der Waals surface area contributed by atoms with Gasteiger partial charge in [0, 0.05) is 22.4 Å². The van der Waals surface area contributed by atoms with Gasteiger partial charge >= 0.3 is 36.0 Å². The highest BCUT2D eigenvalue weighted by Gasteiger charge is 2.77. The molecule has 0 aliphatic carbocycles. The summed E-state index contributed by atoms with van der Waals surface area (Å²) >= 11 is 0. The van der Waals surface area contributed by atoms with Crippen molar-refractivity contribution in [1.82, 2.24) is 0 Å². The van der Waals surface area contributed by atoms with Crippen molar-refractivity contribution < 1.29 is 62.4 Å². The first-order valence-electron chi connectivity index (χ1n) is 9.58. The van der Waals surface area contributed by atoms with E-state index in [0.29, 0.717) is 0 Å². The smallest absolute Gasteiger partial charge is 0.448 e. The summed E-state index contributed by atoms with van der Waals surface area (Å²) in [5.74, 6) is 0. The van der Waals surface area contributed by atoms with Crippen LogP contribution in [0.1, 0.15) is 0 Å². The van der Waals surface area contributed by atoms with Gasteiger partial charge in [-0.25, -0.2) is 0 Å². The first-order valence-corrected chi connectivity index (χ1v) is 9.58. The lowest BCUT2D eigenvalue weighted by atomic mass is 10.1. The van der Waals surface area contributed by atoms with Crippen LogP contribution in [0.2, 0.25) is 0 Å². The maximum atomic E-state index is 12.7. The number of hydrogen-bond acceptors (Lipinski definition) is 6. The Morgan fingerprint density at radius 1 is 0.526 bits per heavy atom. The van der Waals surface area contributed by atoms with E-state index >= 15 is 0 Å². The van der Waals surface area contributed by atoms with E-state index in [4.69, 9.17) is 0 Å². The van der Waals surface area contributed by atoms with Crippen molar-refractivity contribution in [3.8, 4) is 0 Å². The lowest BCUT2D eigenvalue weighted by Gasteiger charge is -2.34. The highest BCUT2D eigenvalue weighted by Crippen LogP contribution is 2.51. The number of alkyl halides is 12. The Morgan fingerprint density at radius 3 is 1.05 bits per heavy atom. The van der Waals surface area contributed by atoms with E-state index < -0.39 is 68.5 Å². The van der Waals surface area contributed by atoms with Crippen LogP contribution in [0.5, 0.6) is 0 Å². The second kappa shape index (κ2) is 8.79. The van der Waals surface area contributed by atoms with Gasteiger partial charge in [0.2, 0.25) is 0 Å². The Morgan fingerprint density at radius 2 is 0.789 bits per heavy atom. The quantitative estimate of drug-likeness (QED) is 0.201. The fourth-order valence-electron chi connectivity index (χ4n) is 3.14. The third-order valence-electron chi connectivity index (χ3n) is 4.97. The van der Waals surface area contributed by atoms with Crippen LogP contribution >= 0.6 is 0 Å². The van der Waals surface area contributed by atoms with E-state index in [9.17, 15) is 63.1 Å². The van der Waals surface area contributed by atoms with E-state index in [0.717, 1.165) is 24.3 Å². The highest BCUT2D eigenvalue weighted by molar-refractivity contribution is 5.64. The van der Waals surface area contributed by atoms with Crippen LogP contribution in [0, 0.1) is 10.4 Å². The van der Waals surface area contributed by atoms with Crippen LogP contribution in [-0.4, -0.2) is 45.8 Å². The third kappa shape index (κ3) is 4.57. The van der Waals surface area contributed by atoms with Gasteiger partial charge in [-0.05, 0) is 12.1 Å². The molecule has 2 aliphatic rings. The summed E-state index contributed by atoms with van der Waals surface area (Å²) in [5.41, 5.74) is -11.3. The minimum atomic E-state index is -5.82. The van der Waals surface area contributed by atoms with E-state index in [1.54, 1.807) is 0 Å². The fraction of sp³-hybridized carbons (Fsp3) is 0.333. The molecule has 2 aliphatic heterocycles. The molecule has 2 heterocycles. The second-order valence-corrected chi connectivity index (χ2v) is 7.44. The Bertz CT molecular complexity index is 1140. The molecule has 2 aromatic rings. The van der Waals surface area contributed by atoms with Gasteiger partial charge in [0.1, 0.15) is 11.4 Å². The normalized spacial score (nSPS) is 18.3. The van der Waals surface area contributed by atoms with Gasteiger partial charge in [-0.3, -0.25) is 0 Å². The van der Waals surface area contributed by atoms with E-state index in [1.165, 1.54) is 34.9 Å². The van der Waals surface area contributed by atoms with Crippen molar-refractivity contribution in [3.05, 3.63) is 58.9 Å². The third-order valence-corrected chi connectivity index (χ3v) is 4.97. The Labute approximate surface area is 202 Å². The number of benzene rings is 2. The summed E-state index contributed by atoms with van der Waals surface area (Å²) < 4.78 is 153. The molecule has 2 aromatic carbocycles. The molecule has 0 saturated heterocycles. The van der Waals surface area contributed by atoms with Crippen LogP contribution in [0.3, 0.4) is 0 Å². The van der Waals surface area contributed by atoms with Crippen molar-refractivity contribution in [2.24, 2.45) is 10.2 Å². The Kier molecular flexibility index (Phi) is 6.61. The monoisotopic (exact) mass is 570 g/mol. The number of azo groups is 2. The number of nitrogens with one attached hydrogen (secondary N) is 2. The van der Waals surface area contributed by atoms with Gasteiger partial charge in [0.15, 0.2) is 0 Å². The molecular weight excluding hydrogens is 560 g/mol. The zero-order valence-corrected chi connectivity index (χ0v) is 17.8. The molecule has 20 heteroatoms. The molecule has 208 valence electrons. The molecule has 0 atom stereocenters. The van der Waals surface area contributed by atoms with Crippen LogP contribution < -0.4 is 10.6 Å². The van der Waals surface area contributed by atoms with Gasteiger partial charge in [-0.15, -0.1) is 0 Å². The summed E-state index contributed by atoms with van der Waals surface area (Å²) in [5, 5.41) is 29.6. The summed E-state index contributed by atoms with van der Waals surface area (Å²) in [6, 6.07) is 8.93. The van der Waals surface area contributed by atoms with E-state index in [1.807, 2.05) is 0 Å². The van der Waals surface area contributed by atoms with E-state index in [-0.39, 0.29) is 0 Å². The molecule has 0 bridgehead atoms. The first-order chi connectivity index (χ1) is 17.2. The van der Waals surface area contributed by atoms with Crippen LogP contribution in [0.25, 0.3) is 0 Å². The number of nitrogens with zero attached hydrogens (tertiary/aromatic N) is 4. The Hall–Kier alpha value is -4.00. The number of para-hydroxylation sites is 4. The highest BCUT2D eigenvalue weighted by atomic mass is 19.4. The molecule has 8 nitrogen and oxygen atoms in total. The summed E-state index contributed by atoms with van der Waals surface area (Å²) in [6.45, 7) is 0. The van der Waals surface area contributed by atoms with Crippen LogP contribution in [-0.2, 0) is 0 Å². The lowest BCUT2D eigenvalue weighted by molar-refractivity contribution is -0.474. The molecule has 38 heavy (non-hydrogen) atoms. The molecule has 0 unspecified atom stereocenters. The number of anilines is 2. The minimum absolute atomic E-state index is 0.424. The number of halogens is 12. The molecule has 0 spiro atoms. The first kappa shape index (κ1) is 28.6. The minimum Gasteiger partial charge on any atom is -0.594 e. The van der Waals surface area contributed by atoms with Gasteiger partial charge in [-0.2, -0.15) is 52.7 Å². The average molecular weight is 570 g/mol. The second-order valence-electron chi connectivity index (χ2n) is 7.44. The molecule has 0 aromatic heterocycles. The molecular formula is C18H10F12N6O2. The van der Waals surface area contributed by atoms with Gasteiger partial charge in [0.05, 0.1) is 0 Å². The predicted molar refractivity (Wildman–Crippen MR) is 101 cm³/mol. The van der Waals surface area contributed by atoms with Crippen molar-refractivity contribution >= 4 is 22.7 Å². The number of fused-ring (bicyclic) bond motifs is 2. The lowest BCUT2D eigenvalue weighted by Crippen LogP contribution is -2.62. The van der Waals surface area contributed by atoms with Crippen LogP contribution in [0.4, 0.5) is 75.4 Å². The summed E-state index contributed by atoms with van der Waals surface area (Å²) in [6.07, 6.45) is -23.3. The largest absolute Gasteiger partial charge is 0.594 e. The molecule has 2 N–H and O–H groups in total. The number of rotatable bonds is 0. The number of hydrogen-bond donors (Lipinski definition) is 2. The fourth-order valence-corrected chi connectivity index (χ4v) is 3.14. The van der Waals surface area contributed by atoms with Crippen molar-refractivity contribution in [2.45, 2.75) is 36.0 Å². The average Bonchev–Trinajstić information content (AvgIpc) is 2.76. The molecule has 0 fully saturated rings. The Balaban J connectivity index is 0.000000211. The summed E-state index contributed by atoms with van der Waals surface area (Å²) in [4.78, 5) is -1.35. The molecule has 4 rings (SSSR count). The zero-order chi connectivity index (χ0) is 28.9. The molecule has 0 amide bonds. The van der Waals surface area contributed by atoms with Gasteiger partial charge < -0.3 is 21.0 Å². The van der Waals surface area contributed by atoms with Crippen LogP contribution in [0.15, 0.2) is 58.8 Å². The van der Waals surface area contributed by atoms with Crippen molar-refractivity contribution in [2.75, 3.05) is 10.6 Å². The van der Waals surface area contributed by atoms with Gasteiger partial charge in [0.25, 0.3) is 11.4 Å². The maximum Gasteiger partial charge on any atom is 0.448 e. The van der Waals surface area contributed by atoms with Gasteiger partial charge in [-0.1, -0.05) is 34.0 Å². The van der Waals surface area contributed by atoms with Crippen molar-refractivity contribution in [1.29, 1.82) is 0 Å². The molecule has 0 radical (unpaired) electrons. The SMILES string of the molecule is [O-][N+]1=NC(C(F)(F)F)(C(F)(F)F)Nc2ccccc21.[O-][N+]1=NC(C(F)(F)F)(C(F)(F)F)Nc2ccccc21. The van der Waals surface area contributed by atoms with Crippen molar-refractivity contribution in [3.63, 3.8) is 0 Å². The summed E-state index contributed by atoms with van der Waals surface area (Å²) in [7, 11) is 0. The topological polar surface area (TPSA) is 101 Å².